The van der Waals surface area contributed by atoms with E-state index in [-0.39, 0.29) is 5.91 Å². The van der Waals surface area contributed by atoms with E-state index in [2.05, 4.69) is 21.7 Å². The maximum Gasteiger partial charge on any atom is 0.221 e. The molecule has 3 rings (SSSR count). The SMILES string of the molecule is O=C(CCNc1cc(Cl)ccc1Cl)NCCc1c[nH]c2ccccc12. The molecule has 3 N–H and O–H groups in total. The number of aromatic nitrogens is 1. The number of benzene rings is 2. The van der Waals surface area contributed by atoms with Gasteiger partial charge in [-0.05, 0) is 36.2 Å². The number of carbonyl (C=O) groups excluding carboxylic acids is 1. The molecule has 2 aromatic carbocycles. The standard InChI is InChI=1S/C19H19Cl2N3O/c20-14-5-6-16(21)18(11-14)22-10-8-19(25)23-9-7-13-12-24-17-4-2-1-3-15(13)17/h1-6,11-12,22,24H,7-10H2,(H,23,25). The van der Waals surface area contributed by atoms with Crippen molar-refractivity contribution in [3.63, 3.8) is 0 Å². The van der Waals surface area contributed by atoms with Gasteiger partial charge in [-0.3, -0.25) is 4.79 Å². The number of aromatic amines is 1. The molecule has 0 radical (unpaired) electrons. The van der Waals surface area contributed by atoms with Crippen LogP contribution >= 0.6 is 23.2 Å². The molecule has 1 heterocycles. The molecule has 3 aromatic rings. The molecular formula is C19H19Cl2N3O. The smallest absolute Gasteiger partial charge is 0.221 e. The van der Waals surface area contributed by atoms with E-state index in [1.807, 2.05) is 24.4 Å². The van der Waals surface area contributed by atoms with E-state index in [1.165, 1.54) is 10.9 Å². The van der Waals surface area contributed by atoms with Gasteiger partial charge in [0.1, 0.15) is 0 Å². The van der Waals surface area contributed by atoms with Gasteiger partial charge in [-0.2, -0.15) is 0 Å². The molecule has 0 bridgehead atoms. The van der Waals surface area contributed by atoms with Gasteiger partial charge >= 0.3 is 0 Å². The molecule has 4 nitrogen and oxygen atoms in total. The van der Waals surface area contributed by atoms with Gasteiger partial charge in [-0.25, -0.2) is 0 Å². The fraction of sp³-hybridized carbons (Fsp3) is 0.211. The van der Waals surface area contributed by atoms with E-state index in [9.17, 15) is 4.79 Å². The second-order valence-corrected chi connectivity index (χ2v) is 6.60. The molecule has 0 saturated carbocycles. The zero-order valence-corrected chi connectivity index (χ0v) is 15.1. The summed E-state index contributed by atoms with van der Waals surface area (Å²) in [4.78, 5) is 15.2. The first-order chi connectivity index (χ1) is 12.1. The lowest BCUT2D eigenvalue weighted by Gasteiger charge is -2.09. The highest BCUT2D eigenvalue weighted by molar-refractivity contribution is 6.35. The van der Waals surface area contributed by atoms with Gasteiger partial charge in [0.2, 0.25) is 5.91 Å². The van der Waals surface area contributed by atoms with Crippen molar-refractivity contribution >= 4 is 45.7 Å². The summed E-state index contributed by atoms with van der Waals surface area (Å²) in [5, 5.41) is 8.47. The zero-order chi connectivity index (χ0) is 17.6. The predicted molar refractivity (Wildman–Crippen MR) is 105 cm³/mol. The summed E-state index contributed by atoms with van der Waals surface area (Å²) in [7, 11) is 0. The van der Waals surface area contributed by atoms with Crippen LogP contribution in [0.5, 0.6) is 0 Å². The van der Waals surface area contributed by atoms with Crippen LogP contribution in [0, 0.1) is 0 Å². The lowest BCUT2D eigenvalue weighted by atomic mass is 10.1. The van der Waals surface area contributed by atoms with Gasteiger partial charge < -0.3 is 15.6 Å². The molecule has 0 atom stereocenters. The Balaban J connectivity index is 1.42. The second kappa shape index (κ2) is 8.28. The van der Waals surface area contributed by atoms with Crippen molar-refractivity contribution in [2.75, 3.05) is 18.4 Å². The number of halogens is 2. The Kier molecular flexibility index (Phi) is 5.84. The summed E-state index contributed by atoms with van der Waals surface area (Å²) in [5.41, 5.74) is 3.06. The number of hydrogen-bond donors (Lipinski definition) is 3. The number of amides is 1. The molecule has 0 unspecified atom stereocenters. The molecule has 0 saturated heterocycles. The summed E-state index contributed by atoms with van der Waals surface area (Å²) >= 11 is 12.0. The average Bonchev–Trinajstić information content (AvgIpc) is 3.01. The van der Waals surface area contributed by atoms with Crippen LogP contribution in [0.25, 0.3) is 10.9 Å². The van der Waals surface area contributed by atoms with Crippen LogP contribution in [0.15, 0.2) is 48.7 Å². The number of carbonyl (C=O) groups is 1. The minimum Gasteiger partial charge on any atom is -0.383 e. The third-order valence-electron chi connectivity index (χ3n) is 3.99. The number of rotatable bonds is 7. The maximum absolute atomic E-state index is 12.0. The Morgan fingerprint density at radius 1 is 1.08 bits per heavy atom. The summed E-state index contributed by atoms with van der Waals surface area (Å²) in [6, 6.07) is 13.4. The molecular weight excluding hydrogens is 357 g/mol. The van der Waals surface area contributed by atoms with Gasteiger partial charge in [0.05, 0.1) is 10.7 Å². The normalized spacial score (nSPS) is 10.8. The molecule has 1 amide bonds. The van der Waals surface area contributed by atoms with Gasteiger partial charge in [0, 0.05) is 41.6 Å². The number of hydrogen-bond acceptors (Lipinski definition) is 2. The number of nitrogens with one attached hydrogen (secondary N) is 3. The lowest BCUT2D eigenvalue weighted by Crippen LogP contribution is -2.27. The summed E-state index contributed by atoms with van der Waals surface area (Å²) in [6.45, 7) is 1.11. The third-order valence-corrected chi connectivity index (χ3v) is 4.55. The van der Waals surface area contributed by atoms with Crippen molar-refractivity contribution in [2.45, 2.75) is 12.8 Å². The van der Waals surface area contributed by atoms with Crippen LogP contribution < -0.4 is 10.6 Å². The molecule has 1 aromatic heterocycles. The molecule has 6 heteroatoms. The largest absolute Gasteiger partial charge is 0.383 e. The minimum atomic E-state index is 0.00508. The van der Waals surface area contributed by atoms with Crippen molar-refractivity contribution in [3.05, 3.63) is 64.3 Å². The Morgan fingerprint density at radius 2 is 1.92 bits per heavy atom. The highest BCUT2D eigenvalue weighted by Gasteiger charge is 2.06. The number of fused-ring (bicyclic) bond motifs is 1. The van der Waals surface area contributed by atoms with Crippen molar-refractivity contribution in [1.82, 2.24) is 10.3 Å². The van der Waals surface area contributed by atoms with E-state index in [0.29, 0.717) is 29.6 Å². The highest BCUT2D eigenvalue weighted by atomic mass is 35.5. The summed E-state index contributed by atoms with van der Waals surface area (Å²) < 4.78 is 0. The van der Waals surface area contributed by atoms with E-state index in [1.54, 1.807) is 18.2 Å². The average molecular weight is 376 g/mol. The van der Waals surface area contributed by atoms with Gasteiger partial charge in [0.15, 0.2) is 0 Å². The quantitative estimate of drug-likeness (QED) is 0.563. The number of para-hydroxylation sites is 1. The molecule has 0 aliphatic rings. The number of H-pyrrole nitrogens is 1. The second-order valence-electron chi connectivity index (χ2n) is 5.76. The molecule has 0 fully saturated rings. The molecule has 0 spiro atoms. The molecule has 0 aliphatic heterocycles. The van der Waals surface area contributed by atoms with Crippen LogP contribution in [0.2, 0.25) is 10.0 Å². The Morgan fingerprint density at radius 3 is 2.80 bits per heavy atom. The van der Waals surface area contributed by atoms with Crippen molar-refractivity contribution in [2.24, 2.45) is 0 Å². The van der Waals surface area contributed by atoms with Crippen molar-refractivity contribution in [3.8, 4) is 0 Å². The van der Waals surface area contributed by atoms with Crippen molar-refractivity contribution < 1.29 is 4.79 Å². The zero-order valence-electron chi connectivity index (χ0n) is 13.6. The third kappa shape index (κ3) is 4.68. The van der Waals surface area contributed by atoms with Gasteiger partial charge in [-0.1, -0.05) is 41.4 Å². The predicted octanol–water partition coefficient (Wildman–Crippen LogP) is 4.64. The molecule has 130 valence electrons. The lowest BCUT2D eigenvalue weighted by molar-refractivity contribution is -0.120. The summed E-state index contributed by atoms with van der Waals surface area (Å²) in [5.74, 6) is 0.00508. The van der Waals surface area contributed by atoms with Crippen LogP contribution in [0.1, 0.15) is 12.0 Å². The molecule has 0 aliphatic carbocycles. The van der Waals surface area contributed by atoms with Crippen LogP contribution in [0.3, 0.4) is 0 Å². The first-order valence-corrected chi connectivity index (χ1v) is 8.89. The summed E-state index contributed by atoms with van der Waals surface area (Å²) in [6.07, 6.45) is 3.17. The Labute approximate surface area is 156 Å². The van der Waals surface area contributed by atoms with Gasteiger partial charge in [-0.15, -0.1) is 0 Å². The van der Waals surface area contributed by atoms with E-state index < -0.39 is 0 Å². The fourth-order valence-corrected chi connectivity index (χ4v) is 3.06. The van der Waals surface area contributed by atoms with Crippen LogP contribution in [-0.4, -0.2) is 24.0 Å². The first kappa shape index (κ1) is 17.6. The van der Waals surface area contributed by atoms with E-state index in [4.69, 9.17) is 23.2 Å². The Bertz CT molecular complexity index is 876. The van der Waals surface area contributed by atoms with Gasteiger partial charge in [0.25, 0.3) is 0 Å². The van der Waals surface area contributed by atoms with E-state index >= 15 is 0 Å². The topological polar surface area (TPSA) is 56.9 Å². The first-order valence-electron chi connectivity index (χ1n) is 8.14. The maximum atomic E-state index is 12.0. The minimum absolute atomic E-state index is 0.00508. The monoisotopic (exact) mass is 375 g/mol. The molecule has 25 heavy (non-hydrogen) atoms. The van der Waals surface area contributed by atoms with Crippen LogP contribution in [0.4, 0.5) is 5.69 Å². The van der Waals surface area contributed by atoms with E-state index in [0.717, 1.165) is 17.6 Å². The fourth-order valence-electron chi connectivity index (χ4n) is 2.71. The van der Waals surface area contributed by atoms with Crippen molar-refractivity contribution in [1.29, 1.82) is 0 Å². The van der Waals surface area contributed by atoms with Crippen LogP contribution in [-0.2, 0) is 11.2 Å². The Hall–Kier alpha value is -2.17. The number of anilines is 1. The highest BCUT2D eigenvalue weighted by Crippen LogP contribution is 2.25.